The number of aromatic nitrogens is 1. The molecule has 4 heteroatoms. The fourth-order valence-corrected chi connectivity index (χ4v) is 2.13. The largest absolute Gasteiger partial charge is 0.456 e. The summed E-state index contributed by atoms with van der Waals surface area (Å²) in [5, 5.41) is 0. The van der Waals surface area contributed by atoms with Crippen LogP contribution in [0.5, 0.6) is 0 Å². The Hall–Kier alpha value is -1.68. The van der Waals surface area contributed by atoms with Crippen LogP contribution in [0.1, 0.15) is 26.4 Å². The summed E-state index contributed by atoms with van der Waals surface area (Å²) in [4.78, 5) is 16.7. The van der Waals surface area contributed by atoms with Crippen LogP contribution in [0.3, 0.4) is 0 Å². The van der Waals surface area contributed by atoms with E-state index >= 15 is 0 Å². The van der Waals surface area contributed by atoms with E-state index in [1.54, 1.807) is 11.7 Å². The van der Waals surface area contributed by atoms with Gasteiger partial charge in [0.25, 0.3) is 0 Å². The molecule has 0 atom stereocenters. The normalized spacial score (nSPS) is 10.2. The highest BCUT2D eigenvalue weighted by Gasteiger charge is 2.08. The molecule has 17 heavy (non-hydrogen) atoms. The Kier molecular flexibility index (Phi) is 3.54. The summed E-state index contributed by atoms with van der Waals surface area (Å²) < 4.78 is 5.21. The second-order valence-corrected chi connectivity index (χ2v) is 4.89. The van der Waals surface area contributed by atoms with Crippen LogP contribution in [0.25, 0.3) is 0 Å². The third kappa shape index (κ3) is 3.14. The number of nitrogens with zero attached hydrogens (tertiary/aromatic N) is 1. The first-order valence-corrected chi connectivity index (χ1v) is 6.16. The predicted molar refractivity (Wildman–Crippen MR) is 67.1 cm³/mol. The second kappa shape index (κ2) is 5.10. The van der Waals surface area contributed by atoms with Crippen molar-refractivity contribution < 1.29 is 9.53 Å². The third-order valence-corrected chi connectivity index (χ3v) is 3.04. The average molecular weight is 247 g/mol. The summed E-state index contributed by atoms with van der Waals surface area (Å²) in [5.41, 5.74) is 4.46. The summed E-state index contributed by atoms with van der Waals surface area (Å²) in [6, 6.07) is 5.70. The van der Waals surface area contributed by atoms with Gasteiger partial charge in [0.15, 0.2) is 0 Å². The number of thiazole rings is 1. The summed E-state index contributed by atoms with van der Waals surface area (Å²) in [5.74, 6) is -0.287. The molecule has 0 saturated carbocycles. The Bertz CT molecular complexity index is 500. The Labute approximate surface area is 104 Å². The van der Waals surface area contributed by atoms with Crippen LogP contribution in [0.15, 0.2) is 29.9 Å². The molecule has 2 aromatic rings. The summed E-state index contributed by atoms with van der Waals surface area (Å²) in [6.07, 6.45) is 1.71. The quantitative estimate of drug-likeness (QED) is 0.782. The summed E-state index contributed by atoms with van der Waals surface area (Å²) in [7, 11) is 0. The van der Waals surface area contributed by atoms with E-state index in [0.717, 1.165) is 16.0 Å². The maximum atomic E-state index is 11.8. The molecule has 0 unspecified atom stereocenters. The van der Waals surface area contributed by atoms with Gasteiger partial charge in [0, 0.05) is 6.20 Å². The van der Waals surface area contributed by atoms with Crippen LogP contribution in [0.2, 0.25) is 0 Å². The van der Waals surface area contributed by atoms with Crippen molar-refractivity contribution in [2.24, 2.45) is 0 Å². The van der Waals surface area contributed by atoms with Crippen LogP contribution < -0.4 is 0 Å². The van der Waals surface area contributed by atoms with Gasteiger partial charge in [0.2, 0.25) is 0 Å². The minimum Gasteiger partial charge on any atom is -0.456 e. The van der Waals surface area contributed by atoms with E-state index in [1.165, 1.54) is 11.3 Å². The lowest BCUT2D eigenvalue weighted by Gasteiger charge is -2.05. The number of hydrogen-bond donors (Lipinski definition) is 0. The van der Waals surface area contributed by atoms with Crippen molar-refractivity contribution >= 4 is 17.3 Å². The van der Waals surface area contributed by atoms with Gasteiger partial charge in [0.1, 0.15) is 6.61 Å². The van der Waals surface area contributed by atoms with Crippen LogP contribution in [-0.4, -0.2) is 11.0 Å². The molecule has 0 aliphatic carbocycles. The number of carbonyl (C=O) groups excluding carboxylic acids is 1. The number of hydrogen-bond acceptors (Lipinski definition) is 4. The van der Waals surface area contributed by atoms with Crippen molar-refractivity contribution in [2.45, 2.75) is 20.5 Å². The highest BCUT2D eigenvalue weighted by Crippen LogP contribution is 2.12. The van der Waals surface area contributed by atoms with E-state index in [4.69, 9.17) is 4.74 Å². The van der Waals surface area contributed by atoms with Gasteiger partial charge in [-0.25, -0.2) is 4.79 Å². The van der Waals surface area contributed by atoms with Crippen LogP contribution in [0, 0.1) is 13.8 Å². The molecule has 0 N–H and O–H groups in total. The van der Waals surface area contributed by atoms with Crippen molar-refractivity contribution in [3.05, 3.63) is 51.5 Å². The van der Waals surface area contributed by atoms with Gasteiger partial charge in [-0.05, 0) is 26.0 Å². The highest BCUT2D eigenvalue weighted by atomic mass is 32.1. The van der Waals surface area contributed by atoms with E-state index in [-0.39, 0.29) is 12.6 Å². The van der Waals surface area contributed by atoms with Gasteiger partial charge < -0.3 is 4.74 Å². The molecule has 0 fully saturated rings. The van der Waals surface area contributed by atoms with E-state index in [9.17, 15) is 4.79 Å². The molecule has 1 aromatic heterocycles. The van der Waals surface area contributed by atoms with Gasteiger partial charge in [-0.2, -0.15) is 0 Å². The molecule has 88 valence electrons. The molecule has 0 bridgehead atoms. The van der Waals surface area contributed by atoms with E-state index in [2.05, 4.69) is 4.98 Å². The number of carbonyl (C=O) groups is 1. The number of rotatable bonds is 3. The molecule has 0 amide bonds. The monoisotopic (exact) mass is 247 g/mol. The van der Waals surface area contributed by atoms with Crippen LogP contribution in [-0.2, 0) is 11.3 Å². The smallest absolute Gasteiger partial charge is 0.338 e. The molecule has 0 saturated heterocycles. The summed E-state index contributed by atoms with van der Waals surface area (Å²) in [6.45, 7) is 4.22. The topological polar surface area (TPSA) is 39.2 Å². The molecule has 0 aliphatic rings. The lowest BCUT2D eigenvalue weighted by molar-refractivity contribution is 0.0476. The Morgan fingerprint density at radius 3 is 2.59 bits per heavy atom. The maximum absolute atomic E-state index is 11.8. The standard InChI is InChI=1S/C13H13NO2S/c1-9-3-10(2)5-11(4-9)13(15)16-7-12-6-14-8-17-12/h3-6,8H,7H2,1-2H3. The van der Waals surface area contributed by atoms with E-state index < -0.39 is 0 Å². The minimum atomic E-state index is -0.287. The molecule has 0 aliphatic heterocycles. The first-order chi connectivity index (χ1) is 8.15. The Morgan fingerprint density at radius 1 is 1.29 bits per heavy atom. The first kappa shape index (κ1) is 11.8. The lowest BCUT2D eigenvalue weighted by atomic mass is 10.1. The molecule has 0 spiro atoms. The van der Waals surface area contributed by atoms with Gasteiger partial charge in [-0.15, -0.1) is 11.3 Å². The van der Waals surface area contributed by atoms with Crippen molar-refractivity contribution in [3.8, 4) is 0 Å². The Morgan fingerprint density at radius 2 is 2.00 bits per heavy atom. The predicted octanol–water partition coefficient (Wildman–Crippen LogP) is 3.12. The minimum absolute atomic E-state index is 0.287. The first-order valence-electron chi connectivity index (χ1n) is 5.28. The van der Waals surface area contributed by atoms with Crippen molar-refractivity contribution in [1.82, 2.24) is 4.98 Å². The Balaban J connectivity index is 2.04. The molecule has 1 aromatic carbocycles. The van der Waals surface area contributed by atoms with Gasteiger partial charge in [-0.3, -0.25) is 4.98 Å². The third-order valence-electron chi connectivity index (χ3n) is 2.29. The molecule has 3 nitrogen and oxygen atoms in total. The van der Waals surface area contributed by atoms with Crippen LogP contribution >= 0.6 is 11.3 Å². The fraction of sp³-hybridized carbons (Fsp3) is 0.231. The van der Waals surface area contributed by atoms with E-state index in [0.29, 0.717) is 5.56 Å². The second-order valence-electron chi connectivity index (χ2n) is 3.92. The van der Waals surface area contributed by atoms with Gasteiger partial charge in [0.05, 0.1) is 16.0 Å². The molecular formula is C13H13NO2S. The molecule has 1 heterocycles. The van der Waals surface area contributed by atoms with Crippen LogP contribution in [0.4, 0.5) is 0 Å². The molecule has 2 rings (SSSR count). The number of esters is 1. The van der Waals surface area contributed by atoms with Gasteiger partial charge >= 0.3 is 5.97 Å². The van der Waals surface area contributed by atoms with Crippen molar-refractivity contribution in [2.75, 3.05) is 0 Å². The van der Waals surface area contributed by atoms with Crippen molar-refractivity contribution in [3.63, 3.8) is 0 Å². The lowest BCUT2D eigenvalue weighted by Crippen LogP contribution is -2.05. The fourth-order valence-electron chi connectivity index (χ4n) is 1.63. The number of benzene rings is 1. The SMILES string of the molecule is Cc1cc(C)cc(C(=O)OCc2cncs2)c1. The molecule has 0 radical (unpaired) electrons. The number of aryl methyl sites for hydroxylation is 2. The van der Waals surface area contributed by atoms with Gasteiger partial charge in [-0.1, -0.05) is 17.2 Å². The maximum Gasteiger partial charge on any atom is 0.338 e. The van der Waals surface area contributed by atoms with E-state index in [1.807, 2.05) is 32.0 Å². The zero-order valence-corrected chi connectivity index (χ0v) is 10.6. The molecular weight excluding hydrogens is 234 g/mol. The zero-order chi connectivity index (χ0) is 12.3. The average Bonchev–Trinajstić information content (AvgIpc) is 2.77. The highest BCUT2D eigenvalue weighted by molar-refractivity contribution is 7.09. The zero-order valence-electron chi connectivity index (χ0n) is 9.77. The van der Waals surface area contributed by atoms with Crippen molar-refractivity contribution in [1.29, 1.82) is 0 Å². The number of ether oxygens (including phenoxy) is 1. The summed E-state index contributed by atoms with van der Waals surface area (Å²) >= 11 is 1.48.